The zero-order chi connectivity index (χ0) is 15.1. The molecule has 2 nitrogen and oxygen atoms in total. The van der Waals surface area contributed by atoms with Crippen molar-refractivity contribution >= 4 is 29.3 Å². The molecule has 110 valence electrons. The summed E-state index contributed by atoms with van der Waals surface area (Å²) >= 11 is 7.27. The van der Waals surface area contributed by atoms with Gasteiger partial charge in [-0.2, -0.15) is 0 Å². The largest absolute Gasteiger partial charge is 0.351 e. The lowest BCUT2D eigenvalue weighted by Crippen LogP contribution is -2.24. The maximum absolute atomic E-state index is 13.5. The van der Waals surface area contributed by atoms with E-state index in [1.165, 1.54) is 17.8 Å². The number of carbonyl (C=O) groups is 1. The standard InChI is InChI=1S/C16H15ClFNOS/c17-14-7-4-8-15(18)13(14)10-21-11-16(20)19-9-12-5-2-1-3-6-12/h1-8H,9-11H2,(H,19,20). The third kappa shape index (κ3) is 5.06. The summed E-state index contributed by atoms with van der Waals surface area (Å²) in [7, 11) is 0. The van der Waals surface area contributed by atoms with E-state index in [4.69, 9.17) is 11.6 Å². The molecule has 0 unspecified atom stereocenters. The van der Waals surface area contributed by atoms with Crippen molar-refractivity contribution in [2.45, 2.75) is 12.3 Å². The second-order valence-electron chi connectivity index (χ2n) is 4.46. The molecule has 0 aliphatic rings. The summed E-state index contributed by atoms with van der Waals surface area (Å²) in [6.07, 6.45) is 0. The predicted molar refractivity (Wildman–Crippen MR) is 85.9 cm³/mol. The zero-order valence-corrected chi connectivity index (χ0v) is 12.9. The molecular formula is C16H15ClFNOS. The minimum absolute atomic E-state index is 0.0729. The van der Waals surface area contributed by atoms with Gasteiger partial charge >= 0.3 is 0 Å². The molecular weight excluding hydrogens is 309 g/mol. The van der Waals surface area contributed by atoms with Crippen LogP contribution in [0.1, 0.15) is 11.1 Å². The fourth-order valence-corrected chi connectivity index (χ4v) is 2.96. The molecule has 0 aliphatic carbocycles. The smallest absolute Gasteiger partial charge is 0.230 e. The van der Waals surface area contributed by atoms with Crippen LogP contribution in [0.25, 0.3) is 0 Å². The molecule has 0 heterocycles. The summed E-state index contributed by atoms with van der Waals surface area (Å²) in [5.74, 6) is 0.248. The number of hydrogen-bond donors (Lipinski definition) is 1. The second-order valence-corrected chi connectivity index (χ2v) is 5.85. The molecule has 1 N–H and O–H groups in total. The van der Waals surface area contributed by atoms with Crippen LogP contribution in [0.5, 0.6) is 0 Å². The molecule has 0 atom stereocenters. The summed E-state index contributed by atoms with van der Waals surface area (Å²) in [4.78, 5) is 11.7. The van der Waals surface area contributed by atoms with Gasteiger partial charge in [-0.05, 0) is 17.7 Å². The van der Waals surface area contributed by atoms with Crippen molar-refractivity contribution < 1.29 is 9.18 Å². The Hall–Kier alpha value is -1.52. The van der Waals surface area contributed by atoms with Gasteiger partial charge in [0.05, 0.1) is 5.75 Å². The second kappa shape index (κ2) is 8.05. The van der Waals surface area contributed by atoms with Crippen molar-refractivity contribution in [3.05, 3.63) is 70.5 Å². The lowest BCUT2D eigenvalue weighted by molar-refractivity contribution is -0.118. The van der Waals surface area contributed by atoms with E-state index in [1.54, 1.807) is 12.1 Å². The summed E-state index contributed by atoms with van der Waals surface area (Å²) in [5, 5.41) is 3.22. The Labute approximate surface area is 132 Å². The minimum Gasteiger partial charge on any atom is -0.351 e. The van der Waals surface area contributed by atoms with Crippen molar-refractivity contribution in [3.63, 3.8) is 0 Å². The number of carbonyl (C=O) groups excluding carboxylic acids is 1. The van der Waals surface area contributed by atoms with Crippen LogP contribution >= 0.6 is 23.4 Å². The first kappa shape index (κ1) is 15.9. The Morgan fingerprint density at radius 3 is 2.62 bits per heavy atom. The average molecular weight is 324 g/mol. The van der Waals surface area contributed by atoms with Crippen LogP contribution in [0.4, 0.5) is 4.39 Å². The number of hydrogen-bond acceptors (Lipinski definition) is 2. The normalized spacial score (nSPS) is 10.4. The van der Waals surface area contributed by atoms with Gasteiger partial charge in [0, 0.05) is 22.9 Å². The van der Waals surface area contributed by atoms with E-state index in [0.29, 0.717) is 22.9 Å². The average Bonchev–Trinajstić information content (AvgIpc) is 2.49. The third-order valence-corrected chi connectivity index (χ3v) is 4.19. The Morgan fingerprint density at radius 2 is 1.90 bits per heavy atom. The highest BCUT2D eigenvalue weighted by molar-refractivity contribution is 7.99. The molecule has 5 heteroatoms. The molecule has 0 aromatic heterocycles. The number of rotatable bonds is 6. The van der Waals surface area contributed by atoms with Crippen LogP contribution in [0.15, 0.2) is 48.5 Å². The van der Waals surface area contributed by atoms with Crippen molar-refractivity contribution in [1.82, 2.24) is 5.32 Å². The predicted octanol–water partition coefficient (Wildman–Crippen LogP) is 4.03. The maximum atomic E-state index is 13.5. The van der Waals surface area contributed by atoms with Crippen LogP contribution < -0.4 is 5.32 Å². The van der Waals surface area contributed by atoms with Crippen LogP contribution in [-0.2, 0) is 17.1 Å². The SMILES string of the molecule is O=C(CSCc1c(F)cccc1Cl)NCc1ccccc1. The monoisotopic (exact) mass is 323 g/mol. The summed E-state index contributed by atoms with van der Waals surface area (Å²) < 4.78 is 13.5. The van der Waals surface area contributed by atoms with E-state index in [9.17, 15) is 9.18 Å². The van der Waals surface area contributed by atoms with Crippen molar-refractivity contribution in [1.29, 1.82) is 0 Å². The molecule has 0 aliphatic heterocycles. The molecule has 0 bridgehead atoms. The first-order valence-corrected chi connectivity index (χ1v) is 8.01. The van der Waals surface area contributed by atoms with E-state index in [2.05, 4.69) is 5.32 Å². The van der Waals surface area contributed by atoms with Crippen molar-refractivity contribution in [2.24, 2.45) is 0 Å². The van der Waals surface area contributed by atoms with E-state index in [0.717, 1.165) is 5.56 Å². The first-order chi connectivity index (χ1) is 10.2. The van der Waals surface area contributed by atoms with Gasteiger partial charge in [0.25, 0.3) is 0 Å². The lowest BCUT2D eigenvalue weighted by Gasteiger charge is -2.07. The van der Waals surface area contributed by atoms with Gasteiger partial charge in [0.1, 0.15) is 5.82 Å². The molecule has 0 fully saturated rings. The minimum atomic E-state index is -0.334. The van der Waals surface area contributed by atoms with Crippen LogP contribution in [0.2, 0.25) is 5.02 Å². The number of nitrogens with one attached hydrogen (secondary N) is 1. The van der Waals surface area contributed by atoms with Crippen molar-refractivity contribution in [2.75, 3.05) is 5.75 Å². The van der Waals surface area contributed by atoms with Gasteiger partial charge in [0.2, 0.25) is 5.91 Å². The van der Waals surface area contributed by atoms with E-state index >= 15 is 0 Å². The van der Waals surface area contributed by atoms with Gasteiger partial charge in [-0.15, -0.1) is 11.8 Å². The maximum Gasteiger partial charge on any atom is 0.230 e. The zero-order valence-electron chi connectivity index (χ0n) is 11.3. The van der Waals surface area contributed by atoms with Crippen LogP contribution in [0, 0.1) is 5.82 Å². The Morgan fingerprint density at radius 1 is 1.14 bits per heavy atom. The molecule has 0 radical (unpaired) electrons. The molecule has 21 heavy (non-hydrogen) atoms. The van der Waals surface area contributed by atoms with E-state index < -0.39 is 0 Å². The third-order valence-electron chi connectivity index (χ3n) is 2.87. The fourth-order valence-electron chi connectivity index (χ4n) is 1.76. The van der Waals surface area contributed by atoms with Gasteiger partial charge in [-0.3, -0.25) is 4.79 Å². The quantitative estimate of drug-likeness (QED) is 0.869. The van der Waals surface area contributed by atoms with Crippen LogP contribution in [-0.4, -0.2) is 11.7 Å². The summed E-state index contributed by atoms with van der Waals surface area (Å²) in [5.41, 5.74) is 1.49. The summed E-state index contributed by atoms with van der Waals surface area (Å²) in [6, 6.07) is 14.3. The number of thioether (sulfide) groups is 1. The van der Waals surface area contributed by atoms with E-state index in [1.807, 2.05) is 30.3 Å². The van der Waals surface area contributed by atoms with Gasteiger partial charge < -0.3 is 5.32 Å². The van der Waals surface area contributed by atoms with Gasteiger partial charge in [0.15, 0.2) is 0 Å². The Balaban J connectivity index is 1.75. The molecule has 2 aromatic rings. The molecule has 2 rings (SSSR count). The number of halogens is 2. The van der Waals surface area contributed by atoms with Crippen molar-refractivity contribution in [3.8, 4) is 0 Å². The Kier molecular flexibility index (Phi) is 6.08. The molecule has 1 amide bonds. The molecule has 0 saturated heterocycles. The van der Waals surface area contributed by atoms with E-state index in [-0.39, 0.29) is 17.5 Å². The van der Waals surface area contributed by atoms with Crippen LogP contribution in [0.3, 0.4) is 0 Å². The molecule has 0 saturated carbocycles. The number of amides is 1. The first-order valence-electron chi connectivity index (χ1n) is 6.48. The van der Waals surface area contributed by atoms with Gasteiger partial charge in [-0.25, -0.2) is 4.39 Å². The van der Waals surface area contributed by atoms with Gasteiger partial charge in [-0.1, -0.05) is 48.0 Å². The summed E-state index contributed by atoms with van der Waals surface area (Å²) in [6.45, 7) is 0.501. The highest BCUT2D eigenvalue weighted by Gasteiger charge is 2.08. The fraction of sp³-hybridized carbons (Fsp3) is 0.188. The number of benzene rings is 2. The highest BCUT2D eigenvalue weighted by Crippen LogP contribution is 2.23. The Bertz CT molecular complexity index is 586. The topological polar surface area (TPSA) is 29.1 Å². The lowest BCUT2D eigenvalue weighted by atomic mass is 10.2. The molecule has 2 aromatic carbocycles. The highest BCUT2D eigenvalue weighted by atomic mass is 35.5. The molecule has 0 spiro atoms.